The molecule has 0 spiro atoms. The lowest BCUT2D eigenvalue weighted by Gasteiger charge is -2.04. The van der Waals surface area contributed by atoms with E-state index in [4.69, 9.17) is 11.6 Å². The topological polar surface area (TPSA) is 38.7 Å². The summed E-state index contributed by atoms with van der Waals surface area (Å²) in [6.07, 6.45) is 3.43. The highest BCUT2D eigenvalue weighted by atomic mass is 79.9. The van der Waals surface area contributed by atoms with Gasteiger partial charge in [0.1, 0.15) is 5.15 Å². The molecule has 3 rings (SSSR count). The van der Waals surface area contributed by atoms with E-state index in [0.717, 1.165) is 20.9 Å². The average molecular weight is 321 g/mol. The Morgan fingerprint density at radius 1 is 1.11 bits per heavy atom. The summed E-state index contributed by atoms with van der Waals surface area (Å²) < 4.78 is 0.960. The van der Waals surface area contributed by atoms with Gasteiger partial charge < -0.3 is 0 Å². The van der Waals surface area contributed by atoms with Crippen LogP contribution in [0.1, 0.15) is 0 Å². The first kappa shape index (κ1) is 11.6. The van der Waals surface area contributed by atoms with Gasteiger partial charge in [0, 0.05) is 27.8 Å². The standard InChI is InChI=1S/C13H7BrClN3/c14-9-3-4-10-11(6-9)17-13(18-12(10)15)8-2-1-5-16-7-8/h1-7H. The lowest BCUT2D eigenvalue weighted by Crippen LogP contribution is -1.92. The molecule has 1 aromatic carbocycles. The number of hydrogen-bond acceptors (Lipinski definition) is 3. The zero-order valence-electron chi connectivity index (χ0n) is 9.14. The highest BCUT2D eigenvalue weighted by Gasteiger charge is 2.08. The largest absolute Gasteiger partial charge is 0.264 e. The maximum absolute atomic E-state index is 6.18. The van der Waals surface area contributed by atoms with Crippen LogP contribution in [0.3, 0.4) is 0 Å². The highest BCUT2D eigenvalue weighted by molar-refractivity contribution is 9.10. The van der Waals surface area contributed by atoms with Crippen LogP contribution < -0.4 is 0 Å². The zero-order chi connectivity index (χ0) is 12.5. The van der Waals surface area contributed by atoms with Crippen LogP contribution in [0.15, 0.2) is 47.2 Å². The minimum atomic E-state index is 0.450. The van der Waals surface area contributed by atoms with E-state index in [0.29, 0.717) is 11.0 Å². The van der Waals surface area contributed by atoms with Gasteiger partial charge in [-0.15, -0.1) is 0 Å². The van der Waals surface area contributed by atoms with E-state index in [9.17, 15) is 0 Å². The summed E-state index contributed by atoms with van der Waals surface area (Å²) in [4.78, 5) is 12.9. The molecule has 0 radical (unpaired) electrons. The van der Waals surface area contributed by atoms with Gasteiger partial charge >= 0.3 is 0 Å². The molecule has 2 aromatic heterocycles. The van der Waals surface area contributed by atoms with Crippen molar-refractivity contribution in [1.29, 1.82) is 0 Å². The maximum Gasteiger partial charge on any atom is 0.163 e. The first-order valence-corrected chi connectivity index (χ1v) is 6.44. The van der Waals surface area contributed by atoms with E-state index >= 15 is 0 Å². The average Bonchev–Trinajstić information content (AvgIpc) is 2.39. The molecule has 18 heavy (non-hydrogen) atoms. The lowest BCUT2D eigenvalue weighted by atomic mass is 10.2. The molecule has 3 nitrogen and oxygen atoms in total. The van der Waals surface area contributed by atoms with Crippen LogP contribution in [-0.4, -0.2) is 15.0 Å². The number of benzene rings is 1. The summed E-state index contributed by atoms with van der Waals surface area (Å²) >= 11 is 9.60. The number of nitrogens with zero attached hydrogens (tertiary/aromatic N) is 3. The molecular formula is C13H7BrClN3. The van der Waals surface area contributed by atoms with E-state index in [1.807, 2.05) is 30.3 Å². The van der Waals surface area contributed by atoms with Gasteiger partial charge in [0.15, 0.2) is 5.82 Å². The van der Waals surface area contributed by atoms with Crippen LogP contribution in [0.5, 0.6) is 0 Å². The zero-order valence-corrected chi connectivity index (χ0v) is 11.5. The molecule has 88 valence electrons. The Hall–Kier alpha value is -1.52. The van der Waals surface area contributed by atoms with Gasteiger partial charge in [-0.25, -0.2) is 9.97 Å². The first-order chi connectivity index (χ1) is 8.74. The van der Waals surface area contributed by atoms with Crippen molar-refractivity contribution < 1.29 is 0 Å². The molecule has 0 aliphatic rings. The smallest absolute Gasteiger partial charge is 0.163 e. The fourth-order valence-corrected chi connectivity index (χ4v) is 2.28. The Balaban J connectivity index is 2.27. The first-order valence-electron chi connectivity index (χ1n) is 5.27. The SMILES string of the molecule is Clc1nc(-c2cccnc2)nc2cc(Br)ccc12. The third-order valence-electron chi connectivity index (χ3n) is 2.53. The molecule has 0 aliphatic heterocycles. The summed E-state index contributed by atoms with van der Waals surface area (Å²) in [7, 11) is 0. The Labute approximate surface area is 117 Å². The van der Waals surface area contributed by atoms with Crippen molar-refractivity contribution in [2.24, 2.45) is 0 Å². The third-order valence-corrected chi connectivity index (χ3v) is 3.31. The molecule has 0 amide bonds. The molecule has 0 fully saturated rings. The van der Waals surface area contributed by atoms with E-state index in [1.165, 1.54) is 0 Å². The molecule has 0 saturated carbocycles. The Kier molecular flexibility index (Phi) is 2.97. The third kappa shape index (κ3) is 2.09. The monoisotopic (exact) mass is 319 g/mol. The Bertz CT molecular complexity index is 716. The van der Waals surface area contributed by atoms with E-state index < -0.39 is 0 Å². The molecule has 0 bridgehead atoms. The normalized spacial score (nSPS) is 10.8. The molecule has 5 heteroatoms. The minimum absolute atomic E-state index is 0.450. The summed E-state index contributed by atoms with van der Waals surface area (Å²) in [5.41, 5.74) is 1.66. The fraction of sp³-hybridized carbons (Fsp3) is 0. The minimum Gasteiger partial charge on any atom is -0.264 e. The van der Waals surface area contributed by atoms with E-state index in [1.54, 1.807) is 12.4 Å². The quantitative estimate of drug-likeness (QED) is 0.633. The predicted octanol–water partition coefficient (Wildman–Crippen LogP) is 4.11. The molecule has 0 unspecified atom stereocenters. The van der Waals surface area contributed by atoms with Gasteiger partial charge in [-0.05, 0) is 30.3 Å². The summed E-state index contributed by atoms with van der Waals surface area (Å²) in [6.45, 7) is 0. The van der Waals surface area contributed by atoms with Gasteiger partial charge in [0.25, 0.3) is 0 Å². The van der Waals surface area contributed by atoms with Crippen molar-refractivity contribution in [3.05, 3.63) is 52.4 Å². The van der Waals surface area contributed by atoms with Gasteiger partial charge in [-0.1, -0.05) is 27.5 Å². The Morgan fingerprint density at radius 3 is 2.78 bits per heavy atom. The van der Waals surface area contributed by atoms with E-state index in [2.05, 4.69) is 30.9 Å². The molecular weight excluding hydrogens is 314 g/mol. The van der Waals surface area contributed by atoms with Crippen molar-refractivity contribution in [1.82, 2.24) is 15.0 Å². The molecule has 2 heterocycles. The van der Waals surface area contributed by atoms with Crippen LogP contribution >= 0.6 is 27.5 Å². The predicted molar refractivity (Wildman–Crippen MR) is 75.5 cm³/mol. The maximum atomic E-state index is 6.18. The second-order valence-corrected chi connectivity index (χ2v) is 5.01. The molecule has 0 N–H and O–H groups in total. The van der Waals surface area contributed by atoms with Gasteiger partial charge in [0.05, 0.1) is 5.52 Å². The Morgan fingerprint density at radius 2 is 2.00 bits per heavy atom. The number of fused-ring (bicyclic) bond motifs is 1. The second-order valence-electron chi connectivity index (χ2n) is 3.74. The summed E-state index contributed by atoms with van der Waals surface area (Å²) in [6, 6.07) is 9.49. The number of pyridine rings is 1. The van der Waals surface area contributed by atoms with Crippen molar-refractivity contribution in [2.75, 3.05) is 0 Å². The summed E-state index contributed by atoms with van der Waals surface area (Å²) in [5.74, 6) is 0.582. The molecule has 3 aromatic rings. The van der Waals surface area contributed by atoms with Crippen LogP contribution in [0, 0.1) is 0 Å². The van der Waals surface area contributed by atoms with E-state index in [-0.39, 0.29) is 0 Å². The summed E-state index contributed by atoms with van der Waals surface area (Å²) in [5, 5.41) is 1.29. The van der Waals surface area contributed by atoms with Crippen LogP contribution in [0.2, 0.25) is 5.15 Å². The molecule has 0 atom stereocenters. The highest BCUT2D eigenvalue weighted by Crippen LogP contribution is 2.26. The van der Waals surface area contributed by atoms with Crippen molar-refractivity contribution in [2.45, 2.75) is 0 Å². The van der Waals surface area contributed by atoms with Gasteiger partial charge in [-0.3, -0.25) is 4.98 Å². The van der Waals surface area contributed by atoms with Gasteiger partial charge in [-0.2, -0.15) is 0 Å². The second kappa shape index (κ2) is 4.63. The number of aromatic nitrogens is 3. The van der Waals surface area contributed by atoms with Gasteiger partial charge in [0.2, 0.25) is 0 Å². The van der Waals surface area contributed by atoms with Crippen LogP contribution in [-0.2, 0) is 0 Å². The lowest BCUT2D eigenvalue weighted by molar-refractivity contribution is 1.21. The van der Waals surface area contributed by atoms with Crippen molar-refractivity contribution in [3.8, 4) is 11.4 Å². The molecule has 0 saturated heterocycles. The number of rotatable bonds is 1. The van der Waals surface area contributed by atoms with Crippen LogP contribution in [0.25, 0.3) is 22.3 Å². The number of halogens is 2. The van der Waals surface area contributed by atoms with Crippen LogP contribution in [0.4, 0.5) is 0 Å². The molecule has 0 aliphatic carbocycles. The van der Waals surface area contributed by atoms with Crippen molar-refractivity contribution >= 4 is 38.4 Å². The van der Waals surface area contributed by atoms with Crippen molar-refractivity contribution in [3.63, 3.8) is 0 Å². The fourth-order valence-electron chi connectivity index (χ4n) is 1.69. The number of hydrogen-bond donors (Lipinski definition) is 0.